The molecule has 0 spiro atoms. The minimum absolute atomic E-state index is 0.177. The molecular weight excluding hydrogens is 396 g/mol. The second-order valence-electron chi connectivity index (χ2n) is 7.65. The van der Waals surface area contributed by atoms with E-state index in [1.54, 1.807) is 38.3 Å². The van der Waals surface area contributed by atoms with E-state index < -0.39 is 17.8 Å². The summed E-state index contributed by atoms with van der Waals surface area (Å²) < 4.78 is 10.2. The third-order valence-electron chi connectivity index (χ3n) is 5.71. The Morgan fingerprint density at radius 1 is 0.935 bits per heavy atom. The van der Waals surface area contributed by atoms with E-state index >= 15 is 0 Å². The van der Waals surface area contributed by atoms with E-state index in [0.717, 1.165) is 37.0 Å². The van der Waals surface area contributed by atoms with Gasteiger partial charge in [-0.2, -0.15) is 0 Å². The summed E-state index contributed by atoms with van der Waals surface area (Å²) in [6.07, 6.45) is 4.08. The van der Waals surface area contributed by atoms with Crippen molar-refractivity contribution in [3.8, 4) is 5.75 Å². The SMILES string of the molecule is CCOC(=O)c1ccc(NC(=O)C(=O)NCC2(c3ccc(OC)cc3)CCCC2)cc1. The molecule has 3 rings (SSSR count). The van der Waals surface area contributed by atoms with E-state index in [4.69, 9.17) is 9.47 Å². The predicted octanol–water partition coefficient (Wildman–Crippen LogP) is 3.44. The fourth-order valence-electron chi connectivity index (χ4n) is 3.99. The van der Waals surface area contributed by atoms with E-state index in [1.807, 2.05) is 24.3 Å². The molecule has 0 bridgehead atoms. The molecule has 1 saturated carbocycles. The maximum Gasteiger partial charge on any atom is 0.338 e. The van der Waals surface area contributed by atoms with Crippen LogP contribution in [0.5, 0.6) is 5.75 Å². The number of anilines is 1. The van der Waals surface area contributed by atoms with Crippen molar-refractivity contribution >= 4 is 23.5 Å². The molecule has 7 nitrogen and oxygen atoms in total. The molecule has 164 valence electrons. The summed E-state index contributed by atoms with van der Waals surface area (Å²) in [6, 6.07) is 14.1. The lowest BCUT2D eigenvalue weighted by Crippen LogP contribution is -2.43. The molecule has 2 aromatic carbocycles. The first-order chi connectivity index (χ1) is 15.0. The predicted molar refractivity (Wildman–Crippen MR) is 117 cm³/mol. The number of ether oxygens (including phenoxy) is 2. The number of esters is 1. The highest BCUT2D eigenvalue weighted by molar-refractivity contribution is 6.39. The Bertz CT molecular complexity index is 916. The largest absolute Gasteiger partial charge is 0.497 e. The first kappa shape index (κ1) is 22.3. The van der Waals surface area contributed by atoms with Crippen LogP contribution in [0.3, 0.4) is 0 Å². The molecule has 0 aromatic heterocycles. The van der Waals surface area contributed by atoms with Gasteiger partial charge < -0.3 is 20.1 Å². The maximum atomic E-state index is 12.4. The van der Waals surface area contributed by atoms with E-state index in [-0.39, 0.29) is 12.0 Å². The molecule has 0 saturated heterocycles. The summed E-state index contributed by atoms with van der Waals surface area (Å²) in [5, 5.41) is 5.37. The highest BCUT2D eigenvalue weighted by Gasteiger charge is 2.36. The van der Waals surface area contributed by atoms with Gasteiger partial charge in [-0.05, 0) is 61.7 Å². The van der Waals surface area contributed by atoms with Crippen LogP contribution in [0.15, 0.2) is 48.5 Å². The third-order valence-corrected chi connectivity index (χ3v) is 5.71. The monoisotopic (exact) mass is 424 g/mol. The Balaban J connectivity index is 1.59. The van der Waals surface area contributed by atoms with Crippen LogP contribution < -0.4 is 15.4 Å². The van der Waals surface area contributed by atoms with Crippen molar-refractivity contribution in [2.75, 3.05) is 25.6 Å². The van der Waals surface area contributed by atoms with Crippen LogP contribution in [0.1, 0.15) is 48.5 Å². The fourth-order valence-corrected chi connectivity index (χ4v) is 3.99. The van der Waals surface area contributed by atoms with Gasteiger partial charge in [0.2, 0.25) is 0 Å². The van der Waals surface area contributed by atoms with Gasteiger partial charge in [0, 0.05) is 17.6 Å². The Kier molecular flexibility index (Phi) is 7.28. The Morgan fingerprint density at radius 3 is 2.16 bits per heavy atom. The molecule has 2 N–H and O–H groups in total. The summed E-state index contributed by atoms with van der Waals surface area (Å²) in [5.74, 6) is -1.08. The molecular formula is C24H28N2O5. The summed E-state index contributed by atoms with van der Waals surface area (Å²) in [6.45, 7) is 2.42. The number of carbonyl (C=O) groups is 3. The lowest BCUT2D eigenvalue weighted by Gasteiger charge is -2.30. The fraction of sp³-hybridized carbons (Fsp3) is 0.375. The number of nitrogens with one attached hydrogen (secondary N) is 2. The van der Waals surface area contributed by atoms with Crippen molar-refractivity contribution in [1.82, 2.24) is 5.32 Å². The highest BCUT2D eigenvalue weighted by atomic mass is 16.5. The van der Waals surface area contributed by atoms with Crippen LogP contribution in [-0.2, 0) is 19.7 Å². The zero-order valence-electron chi connectivity index (χ0n) is 17.9. The number of rotatable bonds is 7. The minimum atomic E-state index is -0.744. The zero-order chi connectivity index (χ0) is 22.3. The minimum Gasteiger partial charge on any atom is -0.497 e. The van der Waals surface area contributed by atoms with Crippen molar-refractivity contribution in [1.29, 1.82) is 0 Å². The topological polar surface area (TPSA) is 93.7 Å². The van der Waals surface area contributed by atoms with Crippen LogP contribution in [0.2, 0.25) is 0 Å². The van der Waals surface area contributed by atoms with Gasteiger partial charge in [-0.1, -0.05) is 25.0 Å². The first-order valence-corrected chi connectivity index (χ1v) is 10.5. The van der Waals surface area contributed by atoms with Gasteiger partial charge in [0.05, 0.1) is 19.3 Å². The maximum absolute atomic E-state index is 12.4. The van der Waals surface area contributed by atoms with E-state index in [1.165, 1.54) is 0 Å². The van der Waals surface area contributed by atoms with Gasteiger partial charge in [-0.15, -0.1) is 0 Å². The Labute approximate surface area is 182 Å². The number of amides is 2. The average Bonchev–Trinajstić information content (AvgIpc) is 3.28. The summed E-state index contributed by atoms with van der Waals surface area (Å²) in [4.78, 5) is 36.5. The molecule has 7 heteroatoms. The molecule has 2 aromatic rings. The van der Waals surface area contributed by atoms with Gasteiger partial charge in [0.1, 0.15) is 5.75 Å². The van der Waals surface area contributed by atoms with Crippen molar-refractivity contribution in [3.63, 3.8) is 0 Å². The van der Waals surface area contributed by atoms with Gasteiger partial charge in [-0.3, -0.25) is 9.59 Å². The molecule has 0 heterocycles. The normalized spacial score (nSPS) is 14.5. The van der Waals surface area contributed by atoms with Gasteiger partial charge in [0.15, 0.2) is 0 Å². The number of hydrogen-bond donors (Lipinski definition) is 2. The average molecular weight is 424 g/mol. The molecule has 0 radical (unpaired) electrons. The number of methoxy groups -OCH3 is 1. The van der Waals surface area contributed by atoms with Crippen molar-refractivity contribution in [2.45, 2.75) is 38.0 Å². The molecule has 0 unspecified atom stereocenters. The third kappa shape index (κ3) is 5.42. The standard InChI is InChI=1S/C24H28N2O5/c1-3-31-23(29)17-6-10-19(11-7-17)26-22(28)21(27)25-16-24(14-4-5-15-24)18-8-12-20(30-2)13-9-18/h6-13H,3-5,14-16H2,1-2H3,(H,25,27)(H,26,28). The first-order valence-electron chi connectivity index (χ1n) is 10.5. The lowest BCUT2D eigenvalue weighted by atomic mass is 9.78. The smallest absolute Gasteiger partial charge is 0.338 e. The highest BCUT2D eigenvalue weighted by Crippen LogP contribution is 2.41. The molecule has 1 fully saturated rings. The van der Waals surface area contributed by atoms with Gasteiger partial charge in [-0.25, -0.2) is 4.79 Å². The second kappa shape index (κ2) is 10.1. The van der Waals surface area contributed by atoms with E-state index in [9.17, 15) is 14.4 Å². The molecule has 1 aliphatic rings. The quantitative estimate of drug-likeness (QED) is 0.525. The van der Waals surface area contributed by atoms with Crippen LogP contribution in [0, 0.1) is 0 Å². The Hall–Kier alpha value is -3.35. The van der Waals surface area contributed by atoms with Gasteiger partial charge >= 0.3 is 17.8 Å². The molecule has 1 aliphatic carbocycles. The lowest BCUT2D eigenvalue weighted by molar-refractivity contribution is -0.136. The molecule has 0 atom stereocenters. The van der Waals surface area contributed by atoms with Crippen molar-refractivity contribution in [3.05, 3.63) is 59.7 Å². The van der Waals surface area contributed by atoms with Crippen LogP contribution >= 0.6 is 0 Å². The molecule has 31 heavy (non-hydrogen) atoms. The van der Waals surface area contributed by atoms with E-state index in [0.29, 0.717) is 17.8 Å². The van der Waals surface area contributed by atoms with Crippen LogP contribution in [0.25, 0.3) is 0 Å². The zero-order valence-corrected chi connectivity index (χ0v) is 17.9. The Morgan fingerprint density at radius 2 is 1.58 bits per heavy atom. The van der Waals surface area contributed by atoms with Crippen molar-refractivity contribution in [2.24, 2.45) is 0 Å². The number of carbonyl (C=O) groups excluding carboxylic acids is 3. The molecule has 2 amide bonds. The van der Waals surface area contributed by atoms with E-state index in [2.05, 4.69) is 10.6 Å². The summed E-state index contributed by atoms with van der Waals surface area (Å²) in [5.41, 5.74) is 1.77. The summed E-state index contributed by atoms with van der Waals surface area (Å²) >= 11 is 0. The van der Waals surface area contributed by atoms with Crippen molar-refractivity contribution < 1.29 is 23.9 Å². The molecule has 0 aliphatic heterocycles. The van der Waals surface area contributed by atoms with Crippen LogP contribution in [0.4, 0.5) is 5.69 Å². The summed E-state index contributed by atoms with van der Waals surface area (Å²) in [7, 11) is 1.63. The van der Waals surface area contributed by atoms with Crippen LogP contribution in [-0.4, -0.2) is 38.0 Å². The second-order valence-corrected chi connectivity index (χ2v) is 7.65. The number of benzene rings is 2. The van der Waals surface area contributed by atoms with Gasteiger partial charge in [0.25, 0.3) is 0 Å². The number of hydrogen-bond acceptors (Lipinski definition) is 5.